The summed E-state index contributed by atoms with van der Waals surface area (Å²) >= 11 is 0. The number of hydrogen-bond acceptors (Lipinski definition) is 7. The normalized spacial score (nSPS) is 14.2. The fraction of sp³-hybridized carbons (Fsp3) is 0.750. The molecule has 0 amide bonds. The Morgan fingerprint density at radius 2 is 1.24 bits per heavy atom. The number of aliphatic carboxylic acids is 2. The lowest BCUT2D eigenvalue weighted by Gasteiger charge is -2.19. The quantitative estimate of drug-likeness (QED) is 0.320. The third kappa shape index (κ3) is 6.81. The van der Waals surface area contributed by atoms with Crippen molar-refractivity contribution in [2.24, 2.45) is 0 Å². The molecule has 0 aliphatic carbocycles. The van der Waals surface area contributed by atoms with E-state index in [2.05, 4.69) is 14.2 Å². The van der Waals surface area contributed by atoms with Gasteiger partial charge in [-0.1, -0.05) is 0 Å². The van der Waals surface area contributed by atoms with Gasteiger partial charge in [0.05, 0.1) is 26.4 Å². The molecule has 0 heterocycles. The van der Waals surface area contributed by atoms with Crippen LogP contribution in [0.15, 0.2) is 0 Å². The molecule has 2 atom stereocenters. The Morgan fingerprint density at radius 3 is 1.47 bits per heavy atom. The van der Waals surface area contributed by atoms with Gasteiger partial charge in [0.15, 0.2) is 0 Å². The summed E-state index contributed by atoms with van der Waals surface area (Å²) in [6, 6.07) is 0. The molecule has 9 nitrogen and oxygen atoms in total. The highest BCUT2D eigenvalue weighted by Crippen LogP contribution is 2.03. The zero-order valence-electron chi connectivity index (χ0n) is 8.81. The minimum atomic E-state index is -1.87. The van der Waals surface area contributed by atoms with Crippen molar-refractivity contribution in [1.82, 2.24) is 0 Å². The SMILES string of the molecule is O=C(O)C(OCCO)OC(OCCO)C(=O)O. The van der Waals surface area contributed by atoms with Gasteiger partial charge in [0, 0.05) is 0 Å². The molecule has 4 N–H and O–H groups in total. The van der Waals surface area contributed by atoms with Gasteiger partial charge in [0.25, 0.3) is 12.6 Å². The average Bonchev–Trinajstić information content (AvgIpc) is 2.27. The first-order valence-electron chi connectivity index (χ1n) is 4.59. The van der Waals surface area contributed by atoms with Crippen LogP contribution in [0.25, 0.3) is 0 Å². The average molecular weight is 254 g/mol. The summed E-state index contributed by atoms with van der Waals surface area (Å²) in [6.45, 7) is -1.54. The van der Waals surface area contributed by atoms with Crippen LogP contribution in [0.4, 0.5) is 0 Å². The van der Waals surface area contributed by atoms with E-state index in [1.807, 2.05) is 0 Å². The fourth-order valence-corrected chi connectivity index (χ4v) is 0.769. The Labute approximate surface area is 96.1 Å². The van der Waals surface area contributed by atoms with Crippen molar-refractivity contribution in [2.45, 2.75) is 12.6 Å². The van der Waals surface area contributed by atoms with Gasteiger partial charge < -0.3 is 34.6 Å². The van der Waals surface area contributed by atoms with Gasteiger partial charge in [0.1, 0.15) is 0 Å². The van der Waals surface area contributed by atoms with E-state index in [4.69, 9.17) is 20.4 Å². The molecule has 0 spiro atoms. The molecule has 17 heavy (non-hydrogen) atoms. The van der Waals surface area contributed by atoms with E-state index in [0.29, 0.717) is 0 Å². The molecule has 0 aromatic heterocycles. The smallest absolute Gasteiger partial charge is 0.361 e. The zero-order chi connectivity index (χ0) is 13.3. The van der Waals surface area contributed by atoms with Crippen molar-refractivity contribution in [3.63, 3.8) is 0 Å². The molecule has 0 bridgehead atoms. The molecule has 0 saturated carbocycles. The van der Waals surface area contributed by atoms with E-state index in [1.165, 1.54) is 0 Å². The summed E-state index contributed by atoms with van der Waals surface area (Å²) in [5, 5.41) is 34.1. The van der Waals surface area contributed by atoms with E-state index in [1.54, 1.807) is 0 Å². The van der Waals surface area contributed by atoms with Crippen LogP contribution in [0.2, 0.25) is 0 Å². The highest BCUT2D eigenvalue weighted by atomic mass is 16.8. The number of rotatable bonds is 10. The second kappa shape index (κ2) is 8.84. The summed E-state index contributed by atoms with van der Waals surface area (Å²) in [5.74, 6) is -3.12. The second-order valence-corrected chi connectivity index (χ2v) is 2.67. The molecule has 0 aliphatic heterocycles. The van der Waals surface area contributed by atoms with E-state index < -0.39 is 37.7 Å². The summed E-state index contributed by atoms with van der Waals surface area (Å²) in [6.07, 6.45) is -3.75. The molecular formula is C8H14O9. The van der Waals surface area contributed by atoms with Crippen molar-refractivity contribution in [3.8, 4) is 0 Å². The van der Waals surface area contributed by atoms with Gasteiger partial charge >= 0.3 is 11.9 Å². The maximum Gasteiger partial charge on any atom is 0.361 e. The number of ether oxygens (including phenoxy) is 3. The lowest BCUT2D eigenvalue weighted by molar-refractivity contribution is -0.252. The minimum Gasteiger partial charge on any atom is -0.477 e. The van der Waals surface area contributed by atoms with Crippen LogP contribution < -0.4 is 0 Å². The molecule has 0 radical (unpaired) electrons. The van der Waals surface area contributed by atoms with Crippen LogP contribution >= 0.6 is 0 Å². The molecule has 100 valence electrons. The monoisotopic (exact) mass is 254 g/mol. The third-order valence-corrected chi connectivity index (χ3v) is 1.37. The molecule has 0 aromatic rings. The van der Waals surface area contributed by atoms with Gasteiger partial charge in [0.2, 0.25) is 0 Å². The van der Waals surface area contributed by atoms with Gasteiger partial charge in [-0.2, -0.15) is 0 Å². The van der Waals surface area contributed by atoms with E-state index >= 15 is 0 Å². The third-order valence-electron chi connectivity index (χ3n) is 1.37. The number of hydrogen-bond donors (Lipinski definition) is 4. The molecule has 2 unspecified atom stereocenters. The second-order valence-electron chi connectivity index (χ2n) is 2.67. The Balaban J connectivity index is 4.34. The van der Waals surface area contributed by atoms with Crippen LogP contribution in [0.1, 0.15) is 0 Å². The highest BCUT2D eigenvalue weighted by Gasteiger charge is 2.28. The first kappa shape index (κ1) is 15.7. The fourth-order valence-electron chi connectivity index (χ4n) is 0.769. The molecule has 0 rings (SSSR count). The van der Waals surface area contributed by atoms with E-state index in [-0.39, 0.29) is 13.2 Å². The Kier molecular flexibility index (Phi) is 8.19. The van der Waals surface area contributed by atoms with Crippen molar-refractivity contribution in [3.05, 3.63) is 0 Å². The molecule has 0 saturated heterocycles. The number of aliphatic hydroxyl groups is 2. The van der Waals surface area contributed by atoms with Crippen LogP contribution in [0.3, 0.4) is 0 Å². The van der Waals surface area contributed by atoms with E-state index in [0.717, 1.165) is 0 Å². The first-order valence-corrected chi connectivity index (χ1v) is 4.59. The van der Waals surface area contributed by atoms with Gasteiger partial charge in [-0.15, -0.1) is 0 Å². The van der Waals surface area contributed by atoms with Gasteiger partial charge in [-0.3, -0.25) is 0 Å². The van der Waals surface area contributed by atoms with E-state index in [9.17, 15) is 9.59 Å². The summed E-state index contributed by atoms with van der Waals surface area (Å²) in [7, 11) is 0. The number of carboxylic acid groups (broad SMARTS) is 2. The molecule has 0 aromatic carbocycles. The van der Waals surface area contributed by atoms with Gasteiger partial charge in [-0.25, -0.2) is 9.59 Å². The molecule has 0 aliphatic rings. The summed E-state index contributed by atoms with van der Waals surface area (Å²) < 4.78 is 13.6. The highest BCUT2D eigenvalue weighted by molar-refractivity contribution is 5.73. The topological polar surface area (TPSA) is 143 Å². The molecule has 9 heteroatoms. The Morgan fingerprint density at radius 1 is 0.882 bits per heavy atom. The maximum atomic E-state index is 10.6. The van der Waals surface area contributed by atoms with Crippen molar-refractivity contribution >= 4 is 11.9 Å². The predicted octanol–water partition coefficient (Wildman–Crippen LogP) is -2.16. The minimum absolute atomic E-state index is 0.330. The zero-order valence-corrected chi connectivity index (χ0v) is 8.81. The number of carbonyl (C=O) groups is 2. The predicted molar refractivity (Wildman–Crippen MR) is 50.0 cm³/mol. The lowest BCUT2D eigenvalue weighted by atomic mass is 10.6. The Bertz CT molecular complexity index is 217. The summed E-state index contributed by atoms with van der Waals surface area (Å²) in [4.78, 5) is 21.2. The maximum absolute atomic E-state index is 10.6. The van der Waals surface area contributed by atoms with Crippen molar-refractivity contribution in [2.75, 3.05) is 26.4 Å². The molecular weight excluding hydrogens is 240 g/mol. The van der Waals surface area contributed by atoms with Crippen molar-refractivity contribution < 1.29 is 44.2 Å². The lowest BCUT2D eigenvalue weighted by Crippen LogP contribution is -2.38. The van der Waals surface area contributed by atoms with Crippen LogP contribution in [-0.2, 0) is 23.8 Å². The number of carboxylic acids is 2. The first-order chi connectivity index (χ1) is 8.02. The Hall–Kier alpha value is -1.26. The number of aliphatic hydroxyl groups excluding tert-OH is 2. The van der Waals surface area contributed by atoms with Gasteiger partial charge in [-0.05, 0) is 0 Å². The standard InChI is InChI=1S/C8H14O9/c9-1-3-15-7(5(11)12)17-8(6(13)14)16-4-2-10/h7-10H,1-4H2,(H,11,12)(H,13,14). The van der Waals surface area contributed by atoms with Crippen molar-refractivity contribution in [1.29, 1.82) is 0 Å². The van der Waals surface area contributed by atoms with Crippen LogP contribution in [0.5, 0.6) is 0 Å². The molecule has 0 fully saturated rings. The largest absolute Gasteiger partial charge is 0.477 e. The van der Waals surface area contributed by atoms with Crippen LogP contribution in [0, 0.1) is 0 Å². The van der Waals surface area contributed by atoms with Crippen LogP contribution in [-0.4, -0.2) is 71.4 Å². The summed E-state index contributed by atoms with van der Waals surface area (Å²) in [5.41, 5.74) is 0.